The highest BCUT2D eigenvalue weighted by molar-refractivity contribution is 5.74. The molecule has 1 aliphatic rings. The van der Waals surface area contributed by atoms with Crippen LogP contribution in [0.3, 0.4) is 0 Å². The summed E-state index contributed by atoms with van der Waals surface area (Å²) in [4.78, 5) is 18.3. The topological polar surface area (TPSA) is 50.2 Å². The third-order valence-electron chi connectivity index (χ3n) is 4.84. The number of hydrogen-bond acceptors (Lipinski definition) is 2. The molecule has 1 aromatic carbocycles. The summed E-state index contributed by atoms with van der Waals surface area (Å²) in [5.41, 5.74) is 3.89. The highest BCUT2D eigenvalue weighted by Crippen LogP contribution is 2.36. The summed E-state index contributed by atoms with van der Waals surface area (Å²) in [5, 5.41) is 3.22. The van der Waals surface area contributed by atoms with Crippen LogP contribution in [-0.2, 0) is 13.0 Å². The molecule has 0 fully saturated rings. The minimum Gasteiger partial charge on any atom is -0.337 e. The number of nitrogens with one attached hydrogen (secondary N) is 1. The first kappa shape index (κ1) is 16.6. The van der Waals surface area contributed by atoms with Gasteiger partial charge < -0.3 is 14.8 Å². The molecule has 1 aromatic heterocycles. The van der Waals surface area contributed by atoms with Crippen LogP contribution in [0.5, 0.6) is 0 Å². The molecule has 0 saturated heterocycles. The van der Waals surface area contributed by atoms with Gasteiger partial charge in [0.2, 0.25) is 0 Å². The highest BCUT2D eigenvalue weighted by Gasteiger charge is 2.31. The Hall–Kier alpha value is -2.30. The van der Waals surface area contributed by atoms with Crippen LogP contribution in [0.2, 0.25) is 0 Å². The maximum absolute atomic E-state index is 12.5. The number of aryl methyl sites for hydroxylation is 2. The van der Waals surface area contributed by atoms with Crippen molar-refractivity contribution >= 4 is 6.03 Å². The minimum atomic E-state index is 0.00633. The zero-order valence-corrected chi connectivity index (χ0v) is 14.7. The monoisotopic (exact) mass is 326 g/mol. The van der Waals surface area contributed by atoms with E-state index in [2.05, 4.69) is 42.3 Å². The maximum Gasteiger partial charge on any atom is 0.317 e. The SMILES string of the molecule is Cc1ccc2c(c1)[C@@H](NC(=O)N(C)CCCn1ccnc1)[C@H](C)C2. The van der Waals surface area contributed by atoms with E-state index < -0.39 is 0 Å². The summed E-state index contributed by atoms with van der Waals surface area (Å²) < 4.78 is 2.03. The number of amides is 2. The van der Waals surface area contributed by atoms with E-state index in [0.29, 0.717) is 5.92 Å². The van der Waals surface area contributed by atoms with Crippen molar-refractivity contribution in [3.63, 3.8) is 0 Å². The Bertz CT molecular complexity index is 695. The molecule has 128 valence electrons. The zero-order valence-electron chi connectivity index (χ0n) is 14.7. The number of nitrogens with zero attached hydrogens (tertiary/aromatic N) is 3. The molecule has 0 spiro atoms. The predicted molar refractivity (Wildman–Crippen MR) is 94.8 cm³/mol. The molecule has 0 unspecified atom stereocenters. The highest BCUT2D eigenvalue weighted by atomic mass is 16.2. The van der Waals surface area contributed by atoms with Crippen molar-refractivity contribution in [1.29, 1.82) is 0 Å². The Balaban J connectivity index is 1.55. The van der Waals surface area contributed by atoms with Gasteiger partial charge in [0.15, 0.2) is 0 Å². The Kier molecular flexibility index (Phi) is 4.88. The molecule has 3 rings (SSSR count). The lowest BCUT2D eigenvalue weighted by Crippen LogP contribution is -2.41. The van der Waals surface area contributed by atoms with Crippen molar-refractivity contribution in [2.24, 2.45) is 5.92 Å². The standard InChI is InChI=1S/C19H26N4O/c1-14-5-6-16-12-15(2)18(17(16)11-14)21-19(24)22(3)8-4-9-23-10-7-20-13-23/h5-7,10-11,13,15,18H,4,8-9,12H2,1-3H3,(H,21,24)/t15-,18+/m1/s1. The van der Waals surface area contributed by atoms with Crippen molar-refractivity contribution in [3.8, 4) is 0 Å². The third-order valence-corrected chi connectivity index (χ3v) is 4.84. The summed E-state index contributed by atoms with van der Waals surface area (Å²) in [5.74, 6) is 0.435. The molecule has 5 nitrogen and oxygen atoms in total. The van der Waals surface area contributed by atoms with Gasteiger partial charge in [0.1, 0.15) is 0 Å². The number of benzene rings is 1. The van der Waals surface area contributed by atoms with E-state index in [4.69, 9.17) is 0 Å². The Morgan fingerprint density at radius 1 is 1.46 bits per heavy atom. The lowest BCUT2D eigenvalue weighted by molar-refractivity contribution is 0.200. The molecular weight excluding hydrogens is 300 g/mol. The number of fused-ring (bicyclic) bond motifs is 1. The van der Waals surface area contributed by atoms with E-state index in [1.807, 2.05) is 17.8 Å². The molecule has 2 aromatic rings. The lowest BCUT2D eigenvalue weighted by Gasteiger charge is -2.24. The number of hydrogen-bond donors (Lipinski definition) is 1. The van der Waals surface area contributed by atoms with Crippen molar-refractivity contribution in [2.45, 2.75) is 39.3 Å². The van der Waals surface area contributed by atoms with Crippen LogP contribution < -0.4 is 5.32 Å². The fourth-order valence-corrected chi connectivity index (χ4v) is 3.44. The van der Waals surface area contributed by atoms with Gasteiger partial charge in [0.05, 0.1) is 12.4 Å². The smallest absolute Gasteiger partial charge is 0.317 e. The van der Waals surface area contributed by atoms with E-state index in [1.165, 1.54) is 16.7 Å². The van der Waals surface area contributed by atoms with Crippen molar-refractivity contribution in [1.82, 2.24) is 19.8 Å². The molecule has 24 heavy (non-hydrogen) atoms. The number of carbonyl (C=O) groups excluding carboxylic acids is 1. The summed E-state index contributed by atoms with van der Waals surface area (Å²) in [6.45, 7) is 5.91. The summed E-state index contributed by atoms with van der Waals surface area (Å²) >= 11 is 0. The van der Waals surface area contributed by atoms with E-state index in [0.717, 1.165) is 25.9 Å². The fourth-order valence-electron chi connectivity index (χ4n) is 3.44. The van der Waals surface area contributed by atoms with Crippen molar-refractivity contribution in [3.05, 3.63) is 53.6 Å². The van der Waals surface area contributed by atoms with Crippen LogP contribution in [0.25, 0.3) is 0 Å². The Morgan fingerprint density at radius 2 is 2.29 bits per heavy atom. The quantitative estimate of drug-likeness (QED) is 0.917. The van der Waals surface area contributed by atoms with Gasteiger partial charge in [-0.15, -0.1) is 0 Å². The first-order chi connectivity index (χ1) is 11.5. The summed E-state index contributed by atoms with van der Waals surface area (Å²) in [6.07, 6.45) is 7.47. The lowest BCUT2D eigenvalue weighted by atomic mass is 10.0. The van der Waals surface area contributed by atoms with Crippen LogP contribution in [0.4, 0.5) is 4.79 Å². The average molecular weight is 326 g/mol. The third kappa shape index (κ3) is 3.61. The summed E-state index contributed by atoms with van der Waals surface area (Å²) in [6, 6.07) is 6.68. The van der Waals surface area contributed by atoms with Gasteiger partial charge in [-0.2, -0.15) is 0 Å². The first-order valence-corrected chi connectivity index (χ1v) is 8.61. The van der Waals surface area contributed by atoms with Crippen LogP contribution in [-0.4, -0.2) is 34.1 Å². The van der Waals surface area contributed by atoms with Gasteiger partial charge in [-0.1, -0.05) is 30.7 Å². The normalized spacial score (nSPS) is 19.1. The van der Waals surface area contributed by atoms with Gasteiger partial charge in [-0.25, -0.2) is 9.78 Å². The molecule has 5 heteroatoms. The van der Waals surface area contributed by atoms with Gasteiger partial charge in [0.25, 0.3) is 0 Å². The van der Waals surface area contributed by atoms with E-state index in [9.17, 15) is 4.79 Å². The first-order valence-electron chi connectivity index (χ1n) is 8.61. The Morgan fingerprint density at radius 3 is 3.04 bits per heavy atom. The summed E-state index contributed by atoms with van der Waals surface area (Å²) in [7, 11) is 1.86. The number of imidazole rings is 1. The van der Waals surface area contributed by atoms with Gasteiger partial charge in [-0.3, -0.25) is 0 Å². The number of urea groups is 1. The predicted octanol–water partition coefficient (Wildman–Crippen LogP) is 3.16. The number of carbonyl (C=O) groups is 1. The van der Waals surface area contributed by atoms with E-state index in [1.54, 1.807) is 17.4 Å². The van der Waals surface area contributed by atoms with Crippen LogP contribution in [0, 0.1) is 12.8 Å². The second kappa shape index (κ2) is 7.07. The molecule has 0 bridgehead atoms. The molecule has 0 saturated carbocycles. The molecule has 2 amide bonds. The second-order valence-electron chi connectivity index (χ2n) is 6.89. The molecule has 0 aliphatic heterocycles. The van der Waals surface area contributed by atoms with E-state index >= 15 is 0 Å². The molecule has 1 heterocycles. The van der Waals surface area contributed by atoms with Crippen LogP contribution in [0.15, 0.2) is 36.9 Å². The molecule has 0 radical (unpaired) electrons. The molecule has 2 atom stereocenters. The molecule has 1 aliphatic carbocycles. The molecular formula is C19H26N4O. The fraction of sp³-hybridized carbons (Fsp3) is 0.474. The average Bonchev–Trinajstić information content (AvgIpc) is 3.16. The zero-order chi connectivity index (χ0) is 17.1. The second-order valence-corrected chi connectivity index (χ2v) is 6.89. The Labute approximate surface area is 143 Å². The number of aromatic nitrogens is 2. The van der Waals surface area contributed by atoms with Crippen molar-refractivity contribution in [2.75, 3.05) is 13.6 Å². The largest absolute Gasteiger partial charge is 0.337 e. The van der Waals surface area contributed by atoms with E-state index in [-0.39, 0.29) is 12.1 Å². The van der Waals surface area contributed by atoms with Gasteiger partial charge in [0, 0.05) is 32.5 Å². The minimum absolute atomic E-state index is 0.00633. The van der Waals surface area contributed by atoms with Gasteiger partial charge in [-0.05, 0) is 36.8 Å². The van der Waals surface area contributed by atoms with Crippen LogP contribution in [0.1, 0.15) is 36.1 Å². The van der Waals surface area contributed by atoms with Crippen molar-refractivity contribution < 1.29 is 4.79 Å². The van der Waals surface area contributed by atoms with Crippen LogP contribution >= 0.6 is 0 Å². The van der Waals surface area contributed by atoms with Gasteiger partial charge >= 0.3 is 6.03 Å². The number of rotatable bonds is 5. The molecule has 1 N–H and O–H groups in total. The maximum atomic E-state index is 12.5.